The van der Waals surface area contributed by atoms with Crippen molar-refractivity contribution in [1.82, 2.24) is 14.5 Å². The summed E-state index contributed by atoms with van der Waals surface area (Å²) < 4.78 is 33.7. The van der Waals surface area contributed by atoms with Gasteiger partial charge in [0.15, 0.2) is 0 Å². The molecule has 3 aliphatic heterocycles. The minimum Gasteiger partial charge on any atom is -0.365 e. The number of ether oxygens (including phenoxy) is 1. The summed E-state index contributed by atoms with van der Waals surface area (Å²) >= 11 is 0. The van der Waals surface area contributed by atoms with E-state index in [-0.39, 0.29) is 30.2 Å². The average molecular weight is 408 g/mol. The maximum Gasteiger partial charge on any atom is 0.249 e. The molecule has 5 atom stereocenters. The van der Waals surface area contributed by atoms with Crippen LogP contribution in [0.2, 0.25) is 0 Å². The van der Waals surface area contributed by atoms with Gasteiger partial charge in [0.25, 0.3) is 0 Å². The van der Waals surface area contributed by atoms with Gasteiger partial charge in [-0.05, 0) is 37.8 Å². The Bertz CT molecular complexity index is 801. The van der Waals surface area contributed by atoms with E-state index >= 15 is 0 Å². The highest BCUT2D eigenvalue weighted by molar-refractivity contribution is 7.89. The Morgan fingerprint density at radius 2 is 1.96 bits per heavy atom. The maximum absolute atomic E-state index is 13.1. The number of benzene rings is 1. The monoisotopic (exact) mass is 407 g/mol. The molecule has 1 aromatic rings. The summed E-state index contributed by atoms with van der Waals surface area (Å²) in [5.41, 5.74) is 0. The number of hydrogen-bond acceptors (Lipinski definition) is 5. The smallest absolute Gasteiger partial charge is 0.249 e. The van der Waals surface area contributed by atoms with Crippen LogP contribution >= 0.6 is 0 Å². The molecule has 28 heavy (non-hydrogen) atoms. The zero-order valence-electron chi connectivity index (χ0n) is 16.3. The van der Waals surface area contributed by atoms with Crippen LogP contribution in [0, 0.1) is 0 Å². The van der Waals surface area contributed by atoms with Gasteiger partial charge in [-0.2, -0.15) is 4.31 Å². The van der Waals surface area contributed by atoms with Crippen molar-refractivity contribution in [2.24, 2.45) is 0 Å². The summed E-state index contributed by atoms with van der Waals surface area (Å²) in [5.74, 6) is -0.0743. The van der Waals surface area contributed by atoms with Crippen molar-refractivity contribution in [1.29, 1.82) is 0 Å². The number of piperazine rings is 1. The van der Waals surface area contributed by atoms with Crippen molar-refractivity contribution in [3.63, 3.8) is 0 Å². The van der Waals surface area contributed by atoms with Gasteiger partial charge in [-0.3, -0.25) is 9.69 Å². The van der Waals surface area contributed by atoms with Crippen LogP contribution < -0.4 is 5.32 Å². The quantitative estimate of drug-likeness (QED) is 0.767. The average Bonchev–Trinajstić information content (AvgIpc) is 3.35. The van der Waals surface area contributed by atoms with E-state index in [9.17, 15) is 13.2 Å². The number of nitrogens with one attached hydrogen (secondary N) is 1. The first-order chi connectivity index (χ1) is 13.5. The van der Waals surface area contributed by atoms with Gasteiger partial charge >= 0.3 is 0 Å². The number of hydrogen-bond donors (Lipinski definition) is 1. The van der Waals surface area contributed by atoms with Gasteiger partial charge in [0, 0.05) is 38.3 Å². The Morgan fingerprint density at radius 3 is 2.68 bits per heavy atom. The fraction of sp³-hybridized carbons (Fsp3) is 0.650. The van der Waals surface area contributed by atoms with Gasteiger partial charge in [0.2, 0.25) is 15.9 Å². The molecule has 3 heterocycles. The lowest BCUT2D eigenvalue weighted by atomic mass is 10.1. The molecule has 8 heteroatoms. The Hall–Kier alpha value is -1.48. The third-order valence-corrected chi connectivity index (χ3v) is 8.16. The fourth-order valence-corrected chi connectivity index (χ4v) is 6.26. The number of rotatable bonds is 6. The van der Waals surface area contributed by atoms with Crippen LogP contribution in [0.5, 0.6) is 0 Å². The fourth-order valence-electron chi connectivity index (χ4n) is 4.55. The van der Waals surface area contributed by atoms with E-state index < -0.39 is 10.0 Å². The predicted molar refractivity (Wildman–Crippen MR) is 105 cm³/mol. The van der Waals surface area contributed by atoms with Crippen LogP contribution in [-0.2, 0) is 19.6 Å². The first kappa shape index (κ1) is 19.8. The van der Waals surface area contributed by atoms with Crippen LogP contribution in [0.4, 0.5) is 0 Å². The molecule has 1 N–H and O–H groups in total. The minimum absolute atomic E-state index is 0.00966. The number of sulfonamides is 1. The van der Waals surface area contributed by atoms with E-state index in [1.165, 1.54) is 0 Å². The van der Waals surface area contributed by atoms with Gasteiger partial charge in [-0.1, -0.05) is 25.1 Å². The number of amides is 1. The summed E-state index contributed by atoms with van der Waals surface area (Å²) in [7, 11) is -3.53. The van der Waals surface area contributed by atoms with Crippen molar-refractivity contribution in [2.75, 3.05) is 26.2 Å². The third kappa shape index (κ3) is 3.83. The second kappa shape index (κ2) is 8.10. The largest absolute Gasteiger partial charge is 0.365 e. The van der Waals surface area contributed by atoms with Crippen LogP contribution in [0.3, 0.4) is 0 Å². The highest BCUT2D eigenvalue weighted by atomic mass is 32.2. The minimum atomic E-state index is -3.53. The molecule has 3 fully saturated rings. The molecule has 1 aromatic carbocycles. The molecule has 0 radical (unpaired) electrons. The molecule has 7 nitrogen and oxygen atoms in total. The number of carbonyl (C=O) groups excluding carboxylic acids is 1. The van der Waals surface area contributed by atoms with E-state index in [0.29, 0.717) is 18.0 Å². The summed E-state index contributed by atoms with van der Waals surface area (Å²) in [6.07, 6.45) is 3.25. The molecule has 3 aliphatic rings. The Kier molecular flexibility index (Phi) is 5.73. The Morgan fingerprint density at radius 1 is 1.18 bits per heavy atom. The number of nitrogens with zero attached hydrogens (tertiary/aromatic N) is 2. The molecule has 1 amide bonds. The highest BCUT2D eigenvalue weighted by Crippen LogP contribution is 2.30. The van der Waals surface area contributed by atoms with Crippen molar-refractivity contribution in [3.8, 4) is 0 Å². The molecule has 2 bridgehead atoms. The molecule has 4 rings (SSSR count). The lowest BCUT2D eigenvalue weighted by molar-refractivity contribution is -0.132. The lowest BCUT2D eigenvalue weighted by Gasteiger charge is -2.39. The lowest BCUT2D eigenvalue weighted by Crippen LogP contribution is -2.58. The summed E-state index contributed by atoms with van der Waals surface area (Å²) in [5, 5.41) is 3.01. The third-order valence-electron chi connectivity index (χ3n) is 6.23. The molecular formula is C20H29N3O4S. The van der Waals surface area contributed by atoms with Crippen LogP contribution in [0.1, 0.15) is 32.6 Å². The van der Waals surface area contributed by atoms with Gasteiger partial charge in [0.1, 0.15) is 6.10 Å². The first-order valence-corrected chi connectivity index (χ1v) is 11.7. The molecule has 3 saturated heterocycles. The van der Waals surface area contributed by atoms with E-state index in [1.807, 2.05) is 6.07 Å². The van der Waals surface area contributed by atoms with E-state index in [0.717, 1.165) is 38.8 Å². The van der Waals surface area contributed by atoms with E-state index in [2.05, 4.69) is 17.1 Å². The van der Waals surface area contributed by atoms with Crippen molar-refractivity contribution >= 4 is 15.9 Å². The van der Waals surface area contributed by atoms with Crippen molar-refractivity contribution < 1.29 is 17.9 Å². The SMILES string of the molecule is CC[C@@H]1CC[C@H](C(=O)NC[C@@H]2CN(S(=O)(=O)c3ccccc3)[C@H]3CCN2C3)O1. The Labute approximate surface area is 167 Å². The molecule has 0 aliphatic carbocycles. The van der Waals surface area contributed by atoms with Crippen LogP contribution in [-0.4, -0.2) is 74.0 Å². The zero-order valence-corrected chi connectivity index (χ0v) is 17.1. The molecule has 0 spiro atoms. The summed E-state index contributed by atoms with van der Waals surface area (Å²) in [6, 6.07) is 8.62. The Balaban J connectivity index is 1.41. The first-order valence-electron chi connectivity index (χ1n) is 10.2. The molecule has 0 saturated carbocycles. The maximum atomic E-state index is 13.1. The normalized spacial score (nSPS) is 33.1. The molecule has 1 unspecified atom stereocenters. The van der Waals surface area contributed by atoms with Gasteiger partial charge in [-0.15, -0.1) is 0 Å². The molecule has 0 aromatic heterocycles. The van der Waals surface area contributed by atoms with Crippen LogP contribution in [0.25, 0.3) is 0 Å². The van der Waals surface area contributed by atoms with Gasteiger partial charge in [-0.25, -0.2) is 8.42 Å². The topological polar surface area (TPSA) is 79.0 Å². The standard InChI is InChI=1S/C20H29N3O4S/c1-2-17-8-9-19(27-17)20(24)21-12-16-14-23(15-10-11-22(16)13-15)28(25,26)18-6-4-3-5-7-18/h3-7,15-17,19H,2,8-14H2,1H3,(H,21,24)/t15-,16+,17+,19+/m0/s1. The van der Waals surface area contributed by atoms with E-state index in [4.69, 9.17) is 4.74 Å². The second-order valence-corrected chi connectivity index (χ2v) is 9.85. The van der Waals surface area contributed by atoms with Gasteiger partial charge in [0.05, 0.1) is 11.0 Å². The van der Waals surface area contributed by atoms with Crippen LogP contribution in [0.15, 0.2) is 35.2 Å². The van der Waals surface area contributed by atoms with Crippen molar-refractivity contribution in [3.05, 3.63) is 30.3 Å². The predicted octanol–water partition coefficient (Wildman–Crippen LogP) is 1.21. The van der Waals surface area contributed by atoms with Crippen molar-refractivity contribution in [2.45, 2.75) is 61.8 Å². The molecule has 154 valence electrons. The molecular weight excluding hydrogens is 378 g/mol. The number of fused-ring (bicyclic) bond motifs is 2. The zero-order chi connectivity index (χ0) is 19.7. The number of carbonyl (C=O) groups is 1. The summed E-state index contributed by atoms with van der Waals surface area (Å²) in [6.45, 7) is 4.51. The second-order valence-electron chi connectivity index (χ2n) is 7.96. The van der Waals surface area contributed by atoms with Gasteiger partial charge < -0.3 is 10.1 Å². The summed E-state index contributed by atoms with van der Waals surface area (Å²) in [4.78, 5) is 15.1. The highest BCUT2D eigenvalue weighted by Gasteiger charge is 2.44. The van der Waals surface area contributed by atoms with E-state index in [1.54, 1.807) is 28.6 Å².